The van der Waals surface area contributed by atoms with Crippen LogP contribution >= 0.6 is 0 Å². The number of hydrogen-bond donors (Lipinski definition) is 1. The molecule has 6 heteroatoms. The summed E-state index contributed by atoms with van der Waals surface area (Å²) in [5, 5.41) is 4.09. The van der Waals surface area contributed by atoms with E-state index in [-0.39, 0.29) is 12.4 Å². The van der Waals surface area contributed by atoms with E-state index in [9.17, 15) is 4.39 Å². The Morgan fingerprint density at radius 3 is 2.63 bits per heavy atom. The molecule has 2 aromatic rings. The van der Waals surface area contributed by atoms with Gasteiger partial charge in [-0.3, -0.25) is 4.68 Å². The number of hydrogen-bond acceptors (Lipinski definition) is 4. The monoisotopic (exact) mass is 265 g/mol. The molecule has 0 atom stereocenters. The predicted molar refractivity (Wildman–Crippen MR) is 70.3 cm³/mol. The van der Waals surface area contributed by atoms with E-state index in [4.69, 9.17) is 15.2 Å². The van der Waals surface area contributed by atoms with Crippen LogP contribution in [0.2, 0.25) is 0 Å². The van der Waals surface area contributed by atoms with Crippen molar-refractivity contribution in [1.29, 1.82) is 0 Å². The minimum Gasteiger partial charge on any atom is -0.496 e. The van der Waals surface area contributed by atoms with Gasteiger partial charge < -0.3 is 15.2 Å². The number of rotatable bonds is 4. The van der Waals surface area contributed by atoms with E-state index in [2.05, 4.69) is 5.10 Å². The number of anilines is 1. The molecule has 0 aliphatic rings. The van der Waals surface area contributed by atoms with Crippen LogP contribution in [-0.2, 0) is 18.4 Å². The van der Waals surface area contributed by atoms with Crippen molar-refractivity contribution in [3.63, 3.8) is 0 Å². The normalized spacial score (nSPS) is 10.7. The maximum absolute atomic E-state index is 13.6. The van der Waals surface area contributed by atoms with E-state index in [1.54, 1.807) is 25.0 Å². The highest BCUT2D eigenvalue weighted by Crippen LogP contribution is 2.37. The molecule has 0 bridgehead atoms. The first kappa shape index (κ1) is 13.4. The Kier molecular flexibility index (Phi) is 3.71. The second kappa shape index (κ2) is 5.27. The minimum atomic E-state index is -0.380. The first-order chi connectivity index (χ1) is 9.08. The quantitative estimate of drug-likeness (QED) is 0.918. The van der Waals surface area contributed by atoms with Crippen molar-refractivity contribution in [2.45, 2.75) is 6.61 Å². The van der Waals surface area contributed by atoms with Gasteiger partial charge in [0.25, 0.3) is 0 Å². The minimum absolute atomic E-state index is 0.262. The van der Waals surface area contributed by atoms with Crippen molar-refractivity contribution in [2.24, 2.45) is 7.05 Å². The van der Waals surface area contributed by atoms with Crippen molar-refractivity contribution in [3.05, 3.63) is 29.7 Å². The number of methoxy groups -OCH3 is 2. The molecule has 0 saturated heterocycles. The van der Waals surface area contributed by atoms with Crippen molar-refractivity contribution in [1.82, 2.24) is 9.78 Å². The van der Waals surface area contributed by atoms with Crippen molar-refractivity contribution in [2.75, 3.05) is 20.0 Å². The SMILES string of the molecule is COCc1cc(F)cc(OC)c1-c1cnn(C)c1N. The summed E-state index contributed by atoms with van der Waals surface area (Å²) in [4.78, 5) is 0. The second-order valence-electron chi connectivity index (χ2n) is 4.14. The molecule has 1 aromatic carbocycles. The number of aromatic nitrogens is 2. The lowest BCUT2D eigenvalue weighted by Gasteiger charge is -2.13. The molecule has 102 valence electrons. The summed E-state index contributed by atoms with van der Waals surface area (Å²) in [6.07, 6.45) is 1.63. The highest BCUT2D eigenvalue weighted by atomic mass is 19.1. The van der Waals surface area contributed by atoms with Gasteiger partial charge in [0.1, 0.15) is 17.4 Å². The third-order valence-corrected chi connectivity index (χ3v) is 2.92. The van der Waals surface area contributed by atoms with E-state index in [0.717, 1.165) is 0 Å². The topological polar surface area (TPSA) is 62.3 Å². The van der Waals surface area contributed by atoms with Gasteiger partial charge in [-0.15, -0.1) is 0 Å². The standard InChI is InChI=1S/C13H16FN3O2/c1-17-13(15)10(6-16-17)12-8(7-18-2)4-9(14)5-11(12)19-3/h4-6H,7,15H2,1-3H3. The van der Waals surface area contributed by atoms with E-state index < -0.39 is 0 Å². The largest absolute Gasteiger partial charge is 0.496 e. The van der Waals surface area contributed by atoms with Crippen LogP contribution in [0.5, 0.6) is 5.75 Å². The van der Waals surface area contributed by atoms with Gasteiger partial charge in [-0.2, -0.15) is 5.10 Å². The molecule has 0 aliphatic carbocycles. The summed E-state index contributed by atoms with van der Waals surface area (Å²) in [7, 11) is 4.78. The van der Waals surface area contributed by atoms with Crippen LogP contribution in [0.15, 0.2) is 18.3 Å². The predicted octanol–water partition coefficient (Wildman–Crippen LogP) is 1.96. The van der Waals surface area contributed by atoms with Gasteiger partial charge in [-0.05, 0) is 11.6 Å². The number of ether oxygens (including phenoxy) is 2. The summed E-state index contributed by atoms with van der Waals surface area (Å²) < 4.78 is 25.4. The Balaban J connectivity index is 2.68. The number of halogens is 1. The number of nitrogens with zero attached hydrogens (tertiary/aromatic N) is 2. The average Bonchev–Trinajstić information content (AvgIpc) is 2.70. The molecule has 2 rings (SSSR count). The van der Waals surface area contributed by atoms with Gasteiger partial charge in [0.2, 0.25) is 0 Å². The van der Waals surface area contributed by atoms with Crippen molar-refractivity contribution in [3.8, 4) is 16.9 Å². The number of nitrogen functional groups attached to an aromatic ring is 1. The molecule has 0 fully saturated rings. The fourth-order valence-corrected chi connectivity index (χ4v) is 2.01. The zero-order valence-corrected chi connectivity index (χ0v) is 11.1. The van der Waals surface area contributed by atoms with Crippen LogP contribution in [-0.4, -0.2) is 24.0 Å². The van der Waals surface area contributed by atoms with Gasteiger partial charge in [0.05, 0.1) is 19.9 Å². The highest BCUT2D eigenvalue weighted by Gasteiger charge is 2.18. The fraction of sp³-hybridized carbons (Fsp3) is 0.308. The molecular weight excluding hydrogens is 249 g/mol. The Morgan fingerprint density at radius 1 is 1.37 bits per heavy atom. The molecule has 5 nitrogen and oxygen atoms in total. The lowest BCUT2D eigenvalue weighted by molar-refractivity contribution is 0.184. The third-order valence-electron chi connectivity index (χ3n) is 2.92. The summed E-state index contributed by atoms with van der Waals surface area (Å²) in [5.74, 6) is 0.518. The maximum atomic E-state index is 13.6. The number of nitrogens with two attached hydrogens (primary N) is 1. The molecule has 1 heterocycles. The summed E-state index contributed by atoms with van der Waals surface area (Å²) in [6, 6.07) is 2.73. The van der Waals surface area contributed by atoms with Gasteiger partial charge in [0, 0.05) is 31.4 Å². The van der Waals surface area contributed by atoms with Crippen LogP contribution in [0, 0.1) is 5.82 Å². The van der Waals surface area contributed by atoms with Gasteiger partial charge in [-0.1, -0.05) is 0 Å². The van der Waals surface area contributed by atoms with E-state index >= 15 is 0 Å². The lowest BCUT2D eigenvalue weighted by atomic mass is 10.0. The molecule has 0 radical (unpaired) electrons. The summed E-state index contributed by atoms with van der Waals surface area (Å²) >= 11 is 0. The second-order valence-corrected chi connectivity index (χ2v) is 4.14. The molecule has 19 heavy (non-hydrogen) atoms. The van der Waals surface area contributed by atoms with Gasteiger partial charge >= 0.3 is 0 Å². The van der Waals surface area contributed by atoms with Gasteiger partial charge in [0.15, 0.2) is 0 Å². The third kappa shape index (κ3) is 2.39. The molecule has 0 aliphatic heterocycles. The molecule has 2 N–H and O–H groups in total. The van der Waals surface area contributed by atoms with Crippen LogP contribution in [0.1, 0.15) is 5.56 Å². The number of benzene rings is 1. The first-order valence-electron chi connectivity index (χ1n) is 5.71. The average molecular weight is 265 g/mol. The van der Waals surface area contributed by atoms with Crippen LogP contribution in [0.3, 0.4) is 0 Å². The van der Waals surface area contributed by atoms with E-state index in [1.807, 2.05) is 0 Å². The maximum Gasteiger partial charge on any atom is 0.130 e. The Morgan fingerprint density at radius 2 is 2.11 bits per heavy atom. The van der Waals surface area contributed by atoms with Gasteiger partial charge in [-0.25, -0.2) is 4.39 Å². The molecule has 0 saturated carbocycles. The van der Waals surface area contributed by atoms with E-state index in [1.165, 1.54) is 19.2 Å². The van der Waals surface area contributed by atoms with Crippen molar-refractivity contribution < 1.29 is 13.9 Å². The fourth-order valence-electron chi connectivity index (χ4n) is 2.01. The van der Waals surface area contributed by atoms with Crippen molar-refractivity contribution >= 4 is 5.82 Å². The Bertz CT molecular complexity index is 596. The molecule has 0 unspecified atom stereocenters. The van der Waals surface area contributed by atoms with Crippen LogP contribution in [0.4, 0.5) is 10.2 Å². The summed E-state index contributed by atoms with van der Waals surface area (Å²) in [6.45, 7) is 0.262. The lowest BCUT2D eigenvalue weighted by Crippen LogP contribution is -2.01. The molecule has 1 aromatic heterocycles. The Hall–Kier alpha value is -2.08. The number of aryl methyl sites for hydroxylation is 1. The molecule has 0 amide bonds. The molecular formula is C13H16FN3O2. The zero-order valence-electron chi connectivity index (χ0n) is 11.1. The first-order valence-corrected chi connectivity index (χ1v) is 5.71. The van der Waals surface area contributed by atoms with Crippen LogP contribution < -0.4 is 10.5 Å². The zero-order chi connectivity index (χ0) is 14.0. The highest BCUT2D eigenvalue weighted by molar-refractivity contribution is 5.81. The van der Waals surface area contributed by atoms with Crippen LogP contribution in [0.25, 0.3) is 11.1 Å². The molecule has 0 spiro atoms. The smallest absolute Gasteiger partial charge is 0.130 e. The summed E-state index contributed by atoms with van der Waals surface area (Å²) in [5.41, 5.74) is 8.04. The van der Waals surface area contributed by atoms with E-state index in [0.29, 0.717) is 28.3 Å². The Labute approximate surface area is 110 Å².